The fraction of sp³-hybridized carbons (Fsp3) is 0.350. The molecule has 0 saturated carbocycles. The molecule has 2 aromatic rings. The Hall–Kier alpha value is -1.88. The number of aryl methyl sites for hydroxylation is 1. The molecule has 0 saturated heterocycles. The fourth-order valence-corrected chi connectivity index (χ4v) is 3.07. The van der Waals surface area contributed by atoms with Gasteiger partial charge in [-0.2, -0.15) is 0 Å². The van der Waals surface area contributed by atoms with Gasteiger partial charge in [0.2, 0.25) is 0 Å². The third kappa shape index (κ3) is 8.57. The standard InChI is InChI=1S/C20H26FN3O3S.HI/c1-4-22-20(24-14-16-5-10-19(21)15(2)13-16)23-11-12-27-17-6-8-18(9-7-17)28(3,25)26;/h5-10,13H,4,11-12,14H2,1-3H3,(H2,22,23,24);1H. The SMILES string of the molecule is CCNC(=NCc1ccc(F)c(C)c1)NCCOc1ccc(S(C)(=O)=O)cc1.I. The lowest BCUT2D eigenvalue weighted by molar-refractivity contribution is 0.321. The highest BCUT2D eigenvalue weighted by Crippen LogP contribution is 2.15. The molecule has 0 aliphatic carbocycles. The Morgan fingerprint density at radius 2 is 1.83 bits per heavy atom. The van der Waals surface area contributed by atoms with Crippen molar-refractivity contribution in [3.63, 3.8) is 0 Å². The van der Waals surface area contributed by atoms with Crippen LogP contribution in [0.4, 0.5) is 4.39 Å². The molecule has 0 bridgehead atoms. The maximum Gasteiger partial charge on any atom is 0.191 e. The van der Waals surface area contributed by atoms with Crippen molar-refractivity contribution in [2.24, 2.45) is 4.99 Å². The molecule has 0 atom stereocenters. The van der Waals surface area contributed by atoms with Crippen LogP contribution in [-0.4, -0.2) is 40.3 Å². The van der Waals surface area contributed by atoms with E-state index in [1.165, 1.54) is 24.5 Å². The third-order valence-electron chi connectivity index (χ3n) is 3.90. The second-order valence-electron chi connectivity index (χ2n) is 6.30. The van der Waals surface area contributed by atoms with E-state index in [1.54, 1.807) is 31.2 Å². The van der Waals surface area contributed by atoms with Crippen LogP contribution in [0.25, 0.3) is 0 Å². The van der Waals surface area contributed by atoms with Gasteiger partial charge in [0.1, 0.15) is 18.2 Å². The summed E-state index contributed by atoms with van der Waals surface area (Å²) in [5, 5.41) is 6.31. The van der Waals surface area contributed by atoms with E-state index in [-0.39, 0.29) is 34.7 Å². The predicted molar refractivity (Wildman–Crippen MR) is 124 cm³/mol. The van der Waals surface area contributed by atoms with Crippen molar-refractivity contribution in [2.75, 3.05) is 26.0 Å². The Balaban J connectivity index is 0.00000420. The number of rotatable bonds is 8. The van der Waals surface area contributed by atoms with E-state index in [2.05, 4.69) is 15.6 Å². The Morgan fingerprint density at radius 1 is 1.14 bits per heavy atom. The Morgan fingerprint density at radius 3 is 2.41 bits per heavy atom. The van der Waals surface area contributed by atoms with Crippen LogP contribution in [0.15, 0.2) is 52.4 Å². The maximum atomic E-state index is 13.3. The van der Waals surface area contributed by atoms with Crippen LogP contribution in [0.1, 0.15) is 18.1 Å². The van der Waals surface area contributed by atoms with Crippen molar-refractivity contribution >= 4 is 39.8 Å². The maximum absolute atomic E-state index is 13.3. The number of guanidine groups is 1. The molecule has 2 N–H and O–H groups in total. The van der Waals surface area contributed by atoms with Gasteiger partial charge in [-0.3, -0.25) is 0 Å². The van der Waals surface area contributed by atoms with E-state index in [9.17, 15) is 12.8 Å². The minimum Gasteiger partial charge on any atom is -0.492 e. The number of aliphatic imine (C=N–C) groups is 1. The number of nitrogens with one attached hydrogen (secondary N) is 2. The molecule has 0 aliphatic heterocycles. The third-order valence-corrected chi connectivity index (χ3v) is 5.03. The first-order chi connectivity index (χ1) is 13.3. The van der Waals surface area contributed by atoms with Gasteiger partial charge in [0.05, 0.1) is 18.0 Å². The van der Waals surface area contributed by atoms with Crippen LogP contribution in [0, 0.1) is 12.7 Å². The van der Waals surface area contributed by atoms with Crippen LogP contribution in [0.5, 0.6) is 5.75 Å². The minimum absolute atomic E-state index is 0. The van der Waals surface area contributed by atoms with Gasteiger partial charge >= 0.3 is 0 Å². The first kappa shape index (κ1) is 25.2. The van der Waals surface area contributed by atoms with E-state index in [0.29, 0.717) is 43.5 Å². The molecule has 0 unspecified atom stereocenters. The van der Waals surface area contributed by atoms with Gasteiger partial charge in [0.15, 0.2) is 15.8 Å². The van der Waals surface area contributed by atoms with Gasteiger partial charge in [-0.1, -0.05) is 12.1 Å². The molecule has 0 amide bonds. The molecule has 0 heterocycles. The molecule has 2 rings (SSSR count). The normalized spacial score (nSPS) is 11.5. The van der Waals surface area contributed by atoms with Gasteiger partial charge in [-0.05, 0) is 55.3 Å². The zero-order valence-electron chi connectivity index (χ0n) is 16.7. The van der Waals surface area contributed by atoms with Crippen molar-refractivity contribution in [1.82, 2.24) is 10.6 Å². The molecule has 0 fully saturated rings. The average molecular weight is 535 g/mol. The molecule has 2 aromatic carbocycles. The van der Waals surface area contributed by atoms with Crippen LogP contribution in [-0.2, 0) is 16.4 Å². The van der Waals surface area contributed by atoms with E-state index >= 15 is 0 Å². The van der Waals surface area contributed by atoms with E-state index in [0.717, 1.165) is 5.56 Å². The summed E-state index contributed by atoms with van der Waals surface area (Å²) in [6.45, 7) is 5.75. The highest BCUT2D eigenvalue weighted by molar-refractivity contribution is 14.0. The second-order valence-corrected chi connectivity index (χ2v) is 8.31. The summed E-state index contributed by atoms with van der Waals surface area (Å²) in [7, 11) is -3.21. The Bertz CT molecular complexity index is 919. The average Bonchev–Trinajstić information content (AvgIpc) is 2.65. The van der Waals surface area contributed by atoms with Crippen molar-refractivity contribution in [3.05, 3.63) is 59.4 Å². The summed E-state index contributed by atoms with van der Waals surface area (Å²) >= 11 is 0. The minimum atomic E-state index is -3.21. The lowest BCUT2D eigenvalue weighted by atomic mass is 10.1. The first-order valence-electron chi connectivity index (χ1n) is 8.99. The van der Waals surface area contributed by atoms with Crippen molar-refractivity contribution < 1.29 is 17.5 Å². The van der Waals surface area contributed by atoms with Gasteiger partial charge in [-0.15, -0.1) is 24.0 Å². The smallest absolute Gasteiger partial charge is 0.191 e. The molecular formula is C20H27FIN3O3S. The van der Waals surface area contributed by atoms with Crippen LogP contribution >= 0.6 is 24.0 Å². The van der Waals surface area contributed by atoms with Crippen LogP contribution < -0.4 is 15.4 Å². The molecule has 29 heavy (non-hydrogen) atoms. The van der Waals surface area contributed by atoms with Crippen molar-refractivity contribution in [3.8, 4) is 5.75 Å². The lowest BCUT2D eigenvalue weighted by Gasteiger charge is -2.12. The first-order valence-corrected chi connectivity index (χ1v) is 10.9. The predicted octanol–water partition coefficient (Wildman–Crippen LogP) is 3.29. The number of sulfone groups is 1. The fourth-order valence-electron chi connectivity index (χ4n) is 2.44. The molecule has 6 nitrogen and oxygen atoms in total. The van der Waals surface area contributed by atoms with E-state index in [4.69, 9.17) is 4.74 Å². The number of hydrogen-bond donors (Lipinski definition) is 2. The molecular weight excluding hydrogens is 508 g/mol. The largest absolute Gasteiger partial charge is 0.492 e. The summed E-state index contributed by atoms with van der Waals surface area (Å²) in [5.74, 6) is 1.01. The number of ether oxygens (including phenoxy) is 1. The lowest BCUT2D eigenvalue weighted by Crippen LogP contribution is -2.39. The highest BCUT2D eigenvalue weighted by Gasteiger charge is 2.06. The summed E-state index contributed by atoms with van der Waals surface area (Å²) in [6.07, 6.45) is 1.17. The number of nitrogens with zero attached hydrogens (tertiary/aromatic N) is 1. The highest BCUT2D eigenvalue weighted by atomic mass is 127. The Labute approximate surface area is 188 Å². The van der Waals surface area contributed by atoms with Crippen LogP contribution in [0.2, 0.25) is 0 Å². The molecule has 9 heteroatoms. The van der Waals surface area contributed by atoms with Gasteiger partial charge in [-0.25, -0.2) is 17.8 Å². The molecule has 160 valence electrons. The number of benzene rings is 2. The van der Waals surface area contributed by atoms with Crippen molar-refractivity contribution in [2.45, 2.75) is 25.3 Å². The summed E-state index contributed by atoms with van der Waals surface area (Å²) < 4.78 is 41.9. The molecule has 0 radical (unpaired) electrons. The zero-order valence-corrected chi connectivity index (χ0v) is 19.9. The zero-order chi connectivity index (χ0) is 20.6. The quantitative estimate of drug-likeness (QED) is 0.235. The summed E-state index contributed by atoms with van der Waals surface area (Å²) in [5.41, 5.74) is 1.53. The van der Waals surface area contributed by atoms with Crippen LogP contribution in [0.3, 0.4) is 0 Å². The monoisotopic (exact) mass is 535 g/mol. The van der Waals surface area contributed by atoms with Gasteiger partial charge in [0.25, 0.3) is 0 Å². The topological polar surface area (TPSA) is 79.8 Å². The second kappa shape index (κ2) is 12.0. The van der Waals surface area contributed by atoms with E-state index < -0.39 is 9.84 Å². The van der Waals surface area contributed by atoms with E-state index in [1.807, 2.05) is 6.92 Å². The van der Waals surface area contributed by atoms with Gasteiger partial charge < -0.3 is 15.4 Å². The van der Waals surface area contributed by atoms with Gasteiger partial charge in [0, 0.05) is 12.8 Å². The Kier molecular flexibility index (Phi) is 10.4. The number of hydrogen-bond acceptors (Lipinski definition) is 4. The van der Waals surface area contributed by atoms with Crippen molar-refractivity contribution in [1.29, 1.82) is 0 Å². The summed E-state index contributed by atoms with van der Waals surface area (Å²) in [6, 6.07) is 11.3. The molecule has 0 aromatic heterocycles. The number of halogens is 2. The molecule has 0 aliphatic rings. The molecule has 0 spiro atoms. The summed E-state index contributed by atoms with van der Waals surface area (Å²) in [4.78, 5) is 4.75.